The van der Waals surface area contributed by atoms with Crippen molar-refractivity contribution in [3.8, 4) is 0 Å². The smallest absolute Gasteiger partial charge is 0.330 e. The first-order chi connectivity index (χ1) is 10.0. The molecule has 2 unspecified atom stereocenters. The monoisotopic (exact) mass is 313 g/mol. The lowest BCUT2D eigenvalue weighted by Crippen LogP contribution is -2.55. The highest BCUT2D eigenvalue weighted by atomic mass is 32.2. The summed E-state index contributed by atoms with van der Waals surface area (Å²) in [6, 6.07) is 0. The lowest BCUT2D eigenvalue weighted by atomic mass is 9.83. The summed E-state index contributed by atoms with van der Waals surface area (Å²) in [5.41, 5.74) is -0.760. The van der Waals surface area contributed by atoms with E-state index in [0.29, 0.717) is 24.0 Å². The fourth-order valence-corrected chi connectivity index (χ4v) is 5.24. The quantitative estimate of drug-likeness (QED) is 0.828. The average molecular weight is 313 g/mol. The summed E-state index contributed by atoms with van der Waals surface area (Å²) in [5.74, 6) is 0.152. The van der Waals surface area contributed by atoms with Crippen LogP contribution in [0.4, 0.5) is 0 Å². The zero-order chi connectivity index (χ0) is 14.9. The fourth-order valence-electron chi connectivity index (χ4n) is 3.91. The van der Waals surface area contributed by atoms with Crippen molar-refractivity contribution in [2.75, 3.05) is 18.1 Å². The lowest BCUT2D eigenvalue weighted by Gasteiger charge is -2.25. The maximum Gasteiger partial charge on any atom is 0.330 e. The number of rotatable bonds is 4. The number of aliphatic carboxylic acids is 1. The highest BCUT2D eigenvalue weighted by molar-refractivity contribution is 7.99. The second kappa shape index (κ2) is 5.80. The molecule has 2 aliphatic heterocycles. The Morgan fingerprint density at radius 1 is 1.29 bits per heavy atom. The number of hydrogen-bond donors (Lipinski definition) is 2. The number of hydrogen-bond acceptors (Lipinski definition) is 4. The minimum Gasteiger partial charge on any atom is -0.479 e. The van der Waals surface area contributed by atoms with E-state index < -0.39 is 11.5 Å². The maximum absolute atomic E-state index is 12.2. The number of amides is 1. The molecule has 0 radical (unpaired) electrons. The predicted molar refractivity (Wildman–Crippen MR) is 80.3 cm³/mol. The molecule has 0 aromatic heterocycles. The van der Waals surface area contributed by atoms with Crippen LogP contribution in [0.15, 0.2) is 0 Å². The largest absolute Gasteiger partial charge is 0.479 e. The van der Waals surface area contributed by atoms with Gasteiger partial charge in [-0.2, -0.15) is 11.8 Å². The van der Waals surface area contributed by atoms with E-state index in [1.165, 1.54) is 25.7 Å². The Balaban J connectivity index is 1.54. The molecule has 3 rings (SSSR count). The van der Waals surface area contributed by atoms with Crippen LogP contribution in [0.5, 0.6) is 0 Å². The molecule has 118 valence electrons. The summed E-state index contributed by atoms with van der Waals surface area (Å²) in [5, 5.41) is 12.1. The fraction of sp³-hybridized carbons (Fsp3) is 0.867. The molecule has 0 aromatic rings. The average Bonchev–Trinajstić information content (AvgIpc) is 3.14. The molecule has 3 fully saturated rings. The lowest BCUT2D eigenvalue weighted by molar-refractivity contribution is -0.146. The Bertz CT molecular complexity index is 427. The van der Waals surface area contributed by atoms with E-state index in [0.717, 1.165) is 18.8 Å². The van der Waals surface area contributed by atoms with Crippen LogP contribution in [0, 0.1) is 5.41 Å². The summed E-state index contributed by atoms with van der Waals surface area (Å²) in [6.07, 6.45) is 6.67. The Morgan fingerprint density at radius 3 is 2.67 bits per heavy atom. The summed E-state index contributed by atoms with van der Waals surface area (Å²) in [7, 11) is 0. The first kappa shape index (κ1) is 15.2. The zero-order valence-electron chi connectivity index (χ0n) is 12.2. The van der Waals surface area contributed by atoms with Crippen molar-refractivity contribution in [2.45, 2.75) is 56.6 Å². The molecular formula is C15H23NO4S. The van der Waals surface area contributed by atoms with Crippen LogP contribution < -0.4 is 5.32 Å². The number of nitrogens with one attached hydrogen (secondary N) is 1. The second-order valence-electron chi connectivity index (χ2n) is 6.79. The van der Waals surface area contributed by atoms with Gasteiger partial charge in [0, 0.05) is 5.75 Å². The molecule has 5 nitrogen and oxygen atoms in total. The van der Waals surface area contributed by atoms with Crippen molar-refractivity contribution in [3.05, 3.63) is 0 Å². The van der Waals surface area contributed by atoms with E-state index in [4.69, 9.17) is 4.74 Å². The Labute approximate surface area is 129 Å². The van der Waals surface area contributed by atoms with Crippen molar-refractivity contribution in [2.24, 2.45) is 5.41 Å². The van der Waals surface area contributed by atoms with Crippen LogP contribution >= 0.6 is 11.8 Å². The van der Waals surface area contributed by atoms with Gasteiger partial charge >= 0.3 is 5.97 Å². The van der Waals surface area contributed by atoms with Crippen LogP contribution in [0.1, 0.15) is 44.9 Å². The number of carboxylic acids is 1. The normalized spacial score (nSPS) is 34.4. The third kappa shape index (κ3) is 3.06. The third-order valence-corrected chi connectivity index (χ3v) is 6.36. The van der Waals surface area contributed by atoms with E-state index in [9.17, 15) is 14.7 Å². The molecule has 0 bridgehead atoms. The van der Waals surface area contributed by atoms with Gasteiger partial charge < -0.3 is 15.2 Å². The maximum atomic E-state index is 12.2. The van der Waals surface area contributed by atoms with Crippen LogP contribution in [0.25, 0.3) is 0 Å². The van der Waals surface area contributed by atoms with Crippen molar-refractivity contribution in [1.29, 1.82) is 0 Å². The molecule has 6 heteroatoms. The summed E-state index contributed by atoms with van der Waals surface area (Å²) in [6.45, 7) is 0.769. The van der Waals surface area contributed by atoms with Gasteiger partial charge in [-0.15, -0.1) is 0 Å². The van der Waals surface area contributed by atoms with Gasteiger partial charge in [0.2, 0.25) is 5.91 Å². The van der Waals surface area contributed by atoms with Crippen molar-refractivity contribution >= 4 is 23.6 Å². The van der Waals surface area contributed by atoms with Gasteiger partial charge in [0.15, 0.2) is 0 Å². The van der Waals surface area contributed by atoms with Gasteiger partial charge in [0.1, 0.15) is 5.54 Å². The highest BCUT2D eigenvalue weighted by Gasteiger charge is 2.45. The van der Waals surface area contributed by atoms with Crippen LogP contribution in [-0.4, -0.2) is 46.7 Å². The van der Waals surface area contributed by atoms with Crippen LogP contribution in [0.3, 0.4) is 0 Å². The molecule has 2 saturated heterocycles. The predicted octanol–water partition coefficient (Wildman–Crippen LogP) is 1.80. The van der Waals surface area contributed by atoms with Gasteiger partial charge in [-0.1, -0.05) is 12.8 Å². The van der Waals surface area contributed by atoms with E-state index in [1.54, 1.807) is 11.8 Å². The van der Waals surface area contributed by atoms with E-state index in [2.05, 4.69) is 5.32 Å². The first-order valence-electron chi connectivity index (χ1n) is 7.77. The number of carbonyl (C=O) groups is 2. The van der Waals surface area contributed by atoms with Gasteiger partial charge in [-0.3, -0.25) is 4.79 Å². The van der Waals surface area contributed by atoms with E-state index in [-0.39, 0.29) is 12.0 Å². The molecule has 2 N–H and O–H groups in total. The number of carboxylic acid groups (broad SMARTS) is 1. The molecule has 0 aromatic carbocycles. The number of carbonyl (C=O) groups excluding carboxylic acids is 1. The Morgan fingerprint density at radius 2 is 2.05 bits per heavy atom. The van der Waals surface area contributed by atoms with E-state index in [1.807, 2.05) is 0 Å². The molecule has 2 heterocycles. The third-order valence-electron chi connectivity index (χ3n) is 5.17. The Kier molecular flexibility index (Phi) is 4.19. The van der Waals surface area contributed by atoms with Gasteiger partial charge in [-0.25, -0.2) is 4.79 Å². The highest BCUT2D eigenvalue weighted by Crippen LogP contribution is 2.47. The van der Waals surface area contributed by atoms with Gasteiger partial charge in [0.25, 0.3) is 0 Å². The molecule has 1 amide bonds. The second-order valence-corrected chi connectivity index (χ2v) is 7.89. The first-order valence-corrected chi connectivity index (χ1v) is 8.93. The minimum absolute atomic E-state index is 0.0389. The van der Waals surface area contributed by atoms with Gasteiger partial charge in [0.05, 0.1) is 19.1 Å². The van der Waals surface area contributed by atoms with Crippen molar-refractivity contribution < 1.29 is 19.4 Å². The van der Waals surface area contributed by atoms with Crippen LogP contribution in [-0.2, 0) is 14.3 Å². The summed E-state index contributed by atoms with van der Waals surface area (Å²) >= 11 is 1.58. The molecule has 1 saturated carbocycles. The SMILES string of the molecule is O=C(CC1CC2(CCCC2)CO1)NC1(C(=O)O)CCSC1. The molecule has 21 heavy (non-hydrogen) atoms. The molecule has 3 aliphatic rings. The number of thioether (sulfide) groups is 1. The van der Waals surface area contributed by atoms with Gasteiger partial charge in [-0.05, 0) is 36.9 Å². The minimum atomic E-state index is -1.06. The van der Waals surface area contributed by atoms with Crippen LogP contribution in [0.2, 0.25) is 0 Å². The summed E-state index contributed by atoms with van der Waals surface area (Å²) in [4.78, 5) is 23.6. The summed E-state index contributed by atoms with van der Waals surface area (Å²) < 4.78 is 5.81. The Hall–Kier alpha value is -0.750. The molecule has 2 atom stereocenters. The molecule has 1 spiro atoms. The van der Waals surface area contributed by atoms with Crippen molar-refractivity contribution in [1.82, 2.24) is 5.32 Å². The number of ether oxygens (including phenoxy) is 1. The van der Waals surface area contributed by atoms with E-state index >= 15 is 0 Å². The van der Waals surface area contributed by atoms with Crippen molar-refractivity contribution in [3.63, 3.8) is 0 Å². The molecule has 1 aliphatic carbocycles. The standard InChI is InChI=1S/C15H23NO4S/c17-12(16-15(13(18)19)5-6-21-10-15)7-11-8-14(9-20-11)3-1-2-4-14/h11H,1-10H2,(H,16,17)(H,18,19). The molecular weight excluding hydrogens is 290 g/mol. The zero-order valence-corrected chi connectivity index (χ0v) is 13.0. The topological polar surface area (TPSA) is 75.6 Å².